The molecule has 0 atom stereocenters. The standard InChI is InChI=1S/C21H16N2O4S/c24-19(13-7-2-1-3-8-13)18-15-10-6-12-17(15)28-21(18)22-20(25)14-9-4-5-11-16(14)23(26)27/h1-5,7-9,11H,6,10,12H2,(H,22,25). The third-order valence-electron chi connectivity index (χ3n) is 4.76. The molecule has 1 aliphatic rings. The summed E-state index contributed by atoms with van der Waals surface area (Å²) in [6.07, 6.45) is 2.64. The van der Waals surface area contributed by atoms with Gasteiger partial charge in [-0.2, -0.15) is 0 Å². The van der Waals surface area contributed by atoms with Crippen molar-refractivity contribution in [3.63, 3.8) is 0 Å². The van der Waals surface area contributed by atoms with Crippen LogP contribution in [0, 0.1) is 10.1 Å². The van der Waals surface area contributed by atoms with Crippen LogP contribution in [-0.4, -0.2) is 16.6 Å². The molecule has 1 N–H and O–H groups in total. The van der Waals surface area contributed by atoms with E-state index in [0.717, 1.165) is 29.7 Å². The van der Waals surface area contributed by atoms with E-state index >= 15 is 0 Å². The Kier molecular flexibility index (Phi) is 4.75. The summed E-state index contributed by atoms with van der Waals surface area (Å²) in [6.45, 7) is 0. The number of para-hydroxylation sites is 1. The minimum absolute atomic E-state index is 0.0285. The number of hydrogen-bond donors (Lipinski definition) is 1. The molecule has 0 saturated carbocycles. The molecule has 7 heteroatoms. The van der Waals surface area contributed by atoms with Crippen molar-refractivity contribution in [3.8, 4) is 0 Å². The molecule has 140 valence electrons. The Morgan fingerprint density at radius 2 is 1.71 bits per heavy atom. The number of nitrogens with one attached hydrogen (secondary N) is 1. The first-order valence-electron chi connectivity index (χ1n) is 8.85. The lowest BCUT2D eigenvalue weighted by molar-refractivity contribution is -0.385. The van der Waals surface area contributed by atoms with Crippen LogP contribution in [0.15, 0.2) is 54.6 Å². The molecule has 0 unspecified atom stereocenters. The SMILES string of the molecule is O=C(Nc1sc2c(c1C(=O)c1ccccc1)CCC2)c1ccccc1[N+](=O)[O-]. The number of ketones is 1. The number of nitro groups is 1. The van der Waals surface area contributed by atoms with Gasteiger partial charge in [-0.05, 0) is 30.9 Å². The van der Waals surface area contributed by atoms with Crippen LogP contribution in [0.5, 0.6) is 0 Å². The number of thiophene rings is 1. The summed E-state index contributed by atoms with van der Waals surface area (Å²) in [4.78, 5) is 37.6. The molecule has 0 spiro atoms. The smallest absolute Gasteiger partial charge is 0.282 e. The van der Waals surface area contributed by atoms with Crippen LogP contribution in [0.4, 0.5) is 10.7 Å². The molecule has 3 aromatic rings. The molecule has 2 aromatic carbocycles. The molecule has 1 aromatic heterocycles. The Morgan fingerprint density at radius 3 is 2.46 bits per heavy atom. The molecule has 4 rings (SSSR count). The van der Waals surface area contributed by atoms with Crippen LogP contribution >= 0.6 is 11.3 Å². The zero-order chi connectivity index (χ0) is 19.7. The Labute approximate surface area is 165 Å². The Hall–Kier alpha value is -3.32. The van der Waals surface area contributed by atoms with Gasteiger partial charge in [-0.3, -0.25) is 19.7 Å². The maximum absolute atomic E-state index is 13.1. The number of rotatable bonds is 5. The van der Waals surface area contributed by atoms with Gasteiger partial charge in [0.25, 0.3) is 11.6 Å². The van der Waals surface area contributed by atoms with Gasteiger partial charge in [0.15, 0.2) is 5.78 Å². The van der Waals surface area contributed by atoms with E-state index in [0.29, 0.717) is 16.1 Å². The van der Waals surface area contributed by atoms with Crippen LogP contribution in [0.1, 0.15) is 43.1 Å². The summed E-state index contributed by atoms with van der Waals surface area (Å²) in [6, 6.07) is 14.7. The first-order valence-corrected chi connectivity index (χ1v) is 9.67. The monoisotopic (exact) mass is 392 g/mol. The van der Waals surface area contributed by atoms with Crippen molar-refractivity contribution in [1.29, 1.82) is 0 Å². The zero-order valence-corrected chi connectivity index (χ0v) is 15.6. The average Bonchev–Trinajstić information content (AvgIpc) is 3.29. The fraction of sp³-hybridized carbons (Fsp3) is 0.143. The number of nitro benzene ring substituents is 1. The summed E-state index contributed by atoms with van der Waals surface area (Å²) < 4.78 is 0. The van der Waals surface area contributed by atoms with Crippen molar-refractivity contribution in [1.82, 2.24) is 0 Å². The largest absolute Gasteiger partial charge is 0.313 e. The van der Waals surface area contributed by atoms with Gasteiger partial charge in [-0.1, -0.05) is 42.5 Å². The van der Waals surface area contributed by atoms with E-state index in [-0.39, 0.29) is 17.0 Å². The molecule has 6 nitrogen and oxygen atoms in total. The highest BCUT2D eigenvalue weighted by atomic mass is 32.1. The number of fused-ring (bicyclic) bond motifs is 1. The Balaban J connectivity index is 1.73. The van der Waals surface area contributed by atoms with E-state index in [1.165, 1.54) is 29.5 Å². The highest BCUT2D eigenvalue weighted by Gasteiger charge is 2.29. The average molecular weight is 392 g/mol. The molecule has 0 radical (unpaired) electrons. The molecule has 0 fully saturated rings. The fourth-order valence-electron chi connectivity index (χ4n) is 3.46. The second-order valence-corrected chi connectivity index (χ2v) is 7.59. The van der Waals surface area contributed by atoms with Gasteiger partial charge in [0.1, 0.15) is 10.6 Å². The lowest BCUT2D eigenvalue weighted by Crippen LogP contribution is -2.15. The van der Waals surface area contributed by atoms with E-state index in [1.54, 1.807) is 30.3 Å². The number of hydrogen-bond acceptors (Lipinski definition) is 5. The normalized spacial score (nSPS) is 12.4. The number of anilines is 1. The highest BCUT2D eigenvalue weighted by Crippen LogP contribution is 2.40. The third kappa shape index (κ3) is 3.20. The lowest BCUT2D eigenvalue weighted by atomic mass is 10.0. The second-order valence-electron chi connectivity index (χ2n) is 6.49. The summed E-state index contributed by atoms with van der Waals surface area (Å²) >= 11 is 1.39. The van der Waals surface area contributed by atoms with Crippen LogP contribution in [-0.2, 0) is 12.8 Å². The molecule has 28 heavy (non-hydrogen) atoms. The number of aryl methyl sites for hydroxylation is 1. The highest BCUT2D eigenvalue weighted by molar-refractivity contribution is 7.17. The molecule has 0 bridgehead atoms. The summed E-state index contributed by atoms with van der Waals surface area (Å²) in [7, 11) is 0. The predicted octanol–water partition coefficient (Wildman–Crippen LogP) is 4.63. The first kappa shape index (κ1) is 18.1. The second kappa shape index (κ2) is 7.36. The van der Waals surface area contributed by atoms with E-state index in [2.05, 4.69) is 5.32 Å². The first-order chi connectivity index (χ1) is 13.6. The maximum Gasteiger partial charge on any atom is 0.282 e. The van der Waals surface area contributed by atoms with Gasteiger partial charge in [-0.25, -0.2) is 0 Å². The van der Waals surface area contributed by atoms with Gasteiger partial charge in [0.05, 0.1) is 10.5 Å². The van der Waals surface area contributed by atoms with Crippen LogP contribution in [0.3, 0.4) is 0 Å². The van der Waals surface area contributed by atoms with Gasteiger partial charge in [0.2, 0.25) is 0 Å². The quantitative estimate of drug-likeness (QED) is 0.389. The van der Waals surface area contributed by atoms with Crippen molar-refractivity contribution in [2.45, 2.75) is 19.3 Å². The van der Waals surface area contributed by atoms with E-state index < -0.39 is 10.8 Å². The maximum atomic E-state index is 13.1. The minimum Gasteiger partial charge on any atom is -0.313 e. The molecular weight excluding hydrogens is 376 g/mol. The Morgan fingerprint density at radius 1 is 1.00 bits per heavy atom. The number of nitrogens with zero attached hydrogens (tertiary/aromatic N) is 1. The topological polar surface area (TPSA) is 89.3 Å². The van der Waals surface area contributed by atoms with Gasteiger partial charge in [0, 0.05) is 16.5 Å². The number of amides is 1. The number of carbonyl (C=O) groups is 2. The van der Waals surface area contributed by atoms with Crippen molar-refractivity contribution in [2.24, 2.45) is 0 Å². The molecule has 0 saturated heterocycles. The van der Waals surface area contributed by atoms with Crippen molar-refractivity contribution in [2.75, 3.05) is 5.32 Å². The van der Waals surface area contributed by atoms with Gasteiger partial charge < -0.3 is 5.32 Å². The minimum atomic E-state index is -0.589. The van der Waals surface area contributed by atoms with Crippen LogP contribution in [0.2, 0.25) is 0 Å². The van der Waals surface area contributed by atoms with Crippen molar-refractivity contribution in [3.05, 3.63) is 91.8 Å². The van der Waals surface area contributed by atoms with E-state index in [1.807, 2.05) is 6.07 Å². The predicted molar refractivity (Wildman–Crippen MR) is 107 cm³/mol. The fourth-order valence-corrected chi connectivity index (χ4v) is 4.74. The van der Waals surface area contributed by atoms with E-state index in [9.17, 15) is 19.7 Å². The van der Waals surface area contributed by atoms with Crippen molar-refractivity contribution >= 4 is 33.7 Å². The number of carbonyl (C=O) groups excluding carboxylic acids is 2. The Bertz CT molecular complexity index is 1090. The van der Waals surface area contributed by atoms with Crippen molar-refractivity contribution < 1.29 is 14.5 Å². The van der Waals surface area contributed by atoms with Crippen LogP contribution < -0.4 is 5.32 Å². The number of benzene rings is 2. The molecular formula is C21H16N2O4S. The molecule has 0 aliphatic heterocycles. The van der Waals surface area contributed by atoms with E-state index in [4.69, 9.17) is 0 Å². The summed E-state index contributed by atoms with van der Waals surface area (Å²) in [5.41, 5.74) is 1.75. The summed E-state index contributed by atoms with van der Waals surface area (Å²) in [5.74, 6) is -0.729. The zero-order valence-electron chi connectivity index (χ0n) is 14.8. The van der Waals surface area contributed by atoms with Crippen LogP contribution in [0.25, 0.3) is 0 Å². The third-order valence-corrected chi connectivity index (χ3v) is 5.96. The molecule has 1 amide bonds. The molecule has 1 heterocycles. The molecule has 1 aliphatic carbocycles. The summed E-state index contributed by atoms with van der Waals surface area (Å²) in [5, 5.41) is 14.4. The van der Waals surface area contributed by atoms with Gasteiger partial charge in [-0.15, -0.1) is 11.3 Å². The lowest BCUT2D eigenvalue weighted by Gasteiger charge is -2.08. The van der Waals surface area contributed by atoms with Gasteiger partial charge >= 0.3 is 0 Å².